The van der Waals surface area contributed by atoms with E-state index in [2.05, 4.69) is 36.1 Å². The molecule has 0 atom stereocenters. The van der Waals surface area contributed by atoms with Gasteiger partial charge in [0.15, 0.2) is 5.84 Å². The van der Waals surface area contributed by atoms with Gasteiger partial charge in [0.1, 0.15) is 5.75 Å². The molecule has 0 radical (unpaired) electrons. The first-order valence-electron chi connectivity index (χ1n) is 6.73. The van der Waals surface area contributed by atoms with E-state index >= 15 is 0 Å². The molecule has 0 aliphatic rings. The van der Waals surface area contributed by atoms with E-state index in [1.165, 1.54) is 0 Å². The minimum absolute atomic E-state index is 0.0237. The molecule has 110 valence electrons. The summed E-state index contributed by atoms with van der Waals surface area (Å²) < 4.78 is 5.88. The number of aromatic nitrogens is 1. The molecule has 0 saturated heterocycles. The van der Waals surface area contributed by atoms with E-state index in [-0.39, 0.29) is 5.84 Å². The number of nitrogens with two attached hydrogens (primary N) is 1. The average molecular weight is 285 g/mol. The fourth-order valence-corrected chi connectivity index (χ4v) is 2.00. The number of rotatable bonds is 4. The molecule has 0 aliphatic heterocycles. The van der Waals surface area contributed by atoms with E-state index < -0.39 is 0 Å². The van der Waals surface area contributed by atoms with Crippen LogP contribution in [0.2, 0.25) is 0 Å². The maximum Gasteiger partial charge on any atom is 0.219 e. The van der Waals surface area contributed by atoms with Crippen LogP contribution >= 0.6 is 0 Å². The number of amidine groups is 1. The molecule has 1 aromatic carbocycles. The first kappa shape index (κ1) is 14.8. The Labute approximate surface area is 124 Å². The zero-order valence-electron chi connectivity index (χ0n) is 12.4. The van der Waals surface area contributed by atoms with Gasteiger partial charge in [0.2, 0.25) is 5.88 Å². The number of hydrogen-bond donors (Lipinski definition) is 2. The van der Waals surface area contributed by atoms with Crippen LogP contribution in [0.15, 0.2) is 41.7 Å². The Morgan fingerprint density at radius 1 is 1.29 bits per heavy atom. The van der Waals surface area contributed by atoms with Gasteiger partial charge in [0, 0.05) is 17.8 Å². The summed E-state index contributed by atoms with van der Waals surface area (Å²) in [6, 6.07) is 9.39. The topological polar surface area (TPSA) is 80.7 Å². The van der Waals surface area contributed by atoms with Crippen LogP contribution in [0.4, 0.5) is 0 Å². The van der Waals surface area contributed by atoms with E-state index in [9.17, 15) is 0 Å². The molecule has 0 amide bonds. The molecule has 5 nitrogen and oxygen atoms in total. The Morgan fingerprint density at radius 2 is 2.05 bits per heavy atom. The molecule has 1 heterocycles. The van der Waals surface area contributed by atoms with E-state index in [4.69, 9.17) is 15.7 Å². The van der Waals surface area contributed by atoms with E-state index in [0.29, 0.717) is 17.4 Å². The zero-order chi connectivity index (χ0) is 15.4. The van der Waals surface area contributed by atoms with Crippen LogP contribution in [0.3, 0.4) is 0 Å². The zero-order valence-corrected chi connectivity index (χ0v) is 12.4. The number of hydrogen-bond acceptors (Lipinski definition) is 4. The summed E-state index contributed by atoms with van der Waals surface area (Å²) in [5.74, 6) is 1.55. The summed E-state index contributed by atoms with van der Waals surface area (Å²) in [4.78, 5) is 4.17. The fourth-order valence-electron chi connectivity index (χ4n) is 2.00. The monoisotopic (exact) mass is 285 g/mol. The lowest BCUT2D eigenvalue weighted by Crippen LogP contribution is -2.13. The second kappa shape index (κ2) is 6.26. The standard InChI is InChI=1S/C16H19N3O2/c1-10(2)13-5-4-11(3)8-14(13)21-15-9-12(6-7-18-15)16(17)19-20/h4-10,20H,1-3H3,(H2,17,19). The van der Waals surface area contributed by atoms with Crippen molar-refractivity contribution < 1.29 is 9.94 Å². The number of benzene rings is 1. The van der Waals surface area contributed by atoms with Gasteiger partial charge >= 0.3 is 0 Å². The van der Waals surface area contributed by atoms with Crippen LogP contribution in [0.25, 0.3) is 0 Å². The molecule has 0 aliphatic carbocycles. The van der Waals surface area contributed by atoms with Crippen molar-refractivity contribution >= 4 is 5.84 Å². The Hall–Kier alpha value is -2.56. The normalized spacial score (nSPS) is 11.7. The van der Waals surface area contributed by atoms with Crippen LogP contribution in [-0.2, 0) is 0 Å². The van der Waals surface area contributed by atoms with Crippen LogP contribution in [0, 0.1) is 6.92 Å². The maximum atomic E-state index is 8.72. The highest BCUT2D eigenvalue weighted by Gasteiger charge is 2.10. The van der Waals surface area contributed by atoms with Crippen molar-refractivity contribution in [3.63, 3.8) is 0 Å². The SMILES string of the molecule is Cc1ccc(C(C)C)c(Oc2cc(/C(N)=N/O)ccn2)c1. The molecule has 0 spiro atoms. The highest BCUT2D eigenvalue weighted by molar-refractivity contribution is 5.97. The number of aryl methyl sites for hydroxylation is 1. The summed E-state index contributed by atoms with van der Waals surface area (Å²) in [5.41, 5.74) is 8.35. The third kappa shape index (κ3) is 3.51. The quantitative estimate of drug-likeness (QED) is 0.390. The largest absolute Gasteiger partial charge is 0.439 e. The van der Waals surface area contributed by atoms with E-state index in [1.54, 1.807) is 18.3 Å². The molecule has 0 saturated carbocycles. The van der Waals surface area contributed by atoms with E-state index in [0.717, 1.165) is 16.9 Å². The van der Waals surface area contributed by atoms with Gasteiger partial charge in [-0.2, -0.15) is 0 Å². The summed E-state index contributed by atoms with van der Waals surface area (Å²) in [7, 11) is 0. The van der Waals surface area contributed by atoms with Crippen LogP contribution in [0.1, 0.15) is 36.5 Å². The van der Waals surface area contributed by atoms with Crippen LogP contribution < -0.4 is 10.5 Å². The number of pyridine rings is 1. The maximum absolute atomic E-state index is 8.72. The van der Waals surface area contributed by atoms with Crippen molar-refractivity contribution in [3.05, 3.63) is 53.2 Å². The van der Waals surface area contributed by atoms with Crippen molar-refractivity contribution in [2.45, 2.75) is 26.7 Å². The smallest absolute Gasteiger partial charge is 0.219 e. The highest BCUT2D eigenvalue weighted by Crippen LogP contribution is 2.30. The summed E-state index contributed by atoms with van der Waals surface area (Å²) in [6.07, 6.45) is 1.56. The van der Waals surface area contributed by atoms with E-state index in [1.807, 2.05) is 13.0 Å². The van der Waals surface area contributed by atoms with Crippen molar-refractivity contribution in [1.82, 2.24) is 4.98 Å². The molecule has 5 heteroatoms. The van der Waals surface area contributed by atoms with Gasteiger partial charge in [-0.3, -0.25) is 0 Å². The highest BCUT2D eigenvalue weighted by atomic mass is 16.5. The lowest BCUT2D eigenvalue weighted by molar-refractivity contribution is 0.318. The lowest BCUT2D eigenvalue weighted by Gasteiger charge is -2.14. The summed E-state index contributed by atoms with van der Waals surface area (Å²) in [6.45, 7) is 6.23. The molecule has 2 rings (SSSR count). The molecular weight excluding hydrogens is 266 g/mol. The third-order valence-electron chi connectivity index (χ3n) is 3.14. The Bertz CT molecular complexity index is 666. The minimum atomic E-state index is 0.0237. The summed E-state index contributed by atoms with van der Waals surface area (Å²) >= 11 is 0. The number of ether oxygens (including phenoxy) is 1. The first-order chi connectivity index (χ1) is 10.0. The van der Waals surface area contributed by atoms with Gasteiger partial charge < -0.3 is 15.7 Å². The van der Waals surface area contributed by atoms with Crippen molar-refractivity contribution in [3.8, 4) is 11.6 Å². The van der Waals surface area contributed by atoms with Crippen molar-refractivity contribution in [2.75, 3.05) is 0 Å². The second-order valence-corrected chi connectivity index (χ2v) is 5.17. The molecule has 0 unspecified atom stereocenters. The van der Waals surface area contributed by atoms with Crippen LogP contribution in [-0.4, -0.2) is 16.0 Å². The summed E-state index contributed by atoms with van der Waals surface area (Å²) in [5, 5.41) is 11.7. The van der Waals surface area contributed by atoms with Gasteiger partial charge in [0.05, 0.1) is 0 Å². The fraction of sp³-hybridized carbons (Fsp3) is 0.250. The average Bonchev–Trinajstić information content (AvgIpc) is 2.46. The third-order valence-corrected chi connectivity index (χ3v) is 3.14. The Kier molecular flexibility index (Phi) is 4.42. The van der Waals surface area contributed by atoms with Gasteiger partial charge in [-0.1, -0.05) is 31.1 Å². The molecule has 3 N–H and O–H groups in total. The predicted molar refractivity (Wildman–Crippen MR) is 82.1 cm³/mol. The Morgan fingerprint density at radius 3 is 2.71 bits per heavy atom. The number of nitrogens with zero attached hydrogens (tertiary/aromatic N) is 2. The molecule has 21 heavy (non-hydrogen) atoms. The second-order valence-electron chi connectivity index (χ2n) is 5.17. The minimum Gasteiger partial charge on any atom is -0.439 e. The van der Waals surface area contributed by atoms with Crippen molar-refractivity contribution in [1.29, 1.82) is 0 Å². The molecule has 1 aromatic heterocycles. The van der Waals surface area contributed by atoms with Gasteiger partial charge in [0.25, 0.3) is 0 Å². The van der Waals surface area contributed by atoms with Gasteiger partial charge in [-0.05, 0) is 36.1 Å². The number of oxime groups is 1. The first-order valence-corrected chi connectivity index (χ1v) is 6.73. The predicted octanol–water partition coefficient (Wildman–Crippen LogP) is 3.40. The van der Waals surface area contributed by atoms with Crippen LogP contribution in [0.5, 0.6) is 11.6 Å². The molecule has 0 fully saturated rings. The molecule has 2 aromatic rings. The lowest BCUT2D eigenvalue weighted by atomic mass is 10.0. The van der Waals surface area contributed by atoms with Gasteiger partial charge in [-0.25, -0.2) is 4.98 Å². The Balaban J connectivity index is 2.36. The van der Waals surface area contributed by atoms with Gasteiger partial charge in [-0.15, -0.1) is 0 Å². The molecule has 0 bridgehead atoms. The molecular formula is C16H19N3O2. The van der Waals surface area contributed by atoms with Crippen molar-refractivity contribution in [2.24, 2.45) is 10.9 Å².